The third kappa shape index (κ3) is 3.34. The third-order valence-corrected chi connectivity index (χ3v) is 6.83. The summed E-state index contributed by atoms with van der Waals surface area (Å²) < 4.78 is 0. The Labute approximate surface area is 165 Å². The van der Waals surface area contributed by atoms with Crippen molar-refractivity contribution in [2.24, 2.45) is 5.41 Å². The minimum atomic E-state index is -0.334. The molecule has 2 aliphatic rings. The first-order chi connectivity index (χ1) is 13.0. The molecule has 4 nitrogen and oxygen atoms in total. The molecule has 2 aliphatic heterocycles. The van der Waals surface area contributed by atoms with E-state index >= 15 is 0 Å². The van der Waals surface area contributed by atoms with E-state index in [2.05, 4.69) is 48.5 Å². The second kappa shape index (κ2) is 7.21. The molecular weight excluding hydrogens is 354 g/mol. The zero-order valence-electron chi connectivity index (χ0n) is 16.1. The fourth-order valence-corrected chi connectivity index (χ4v) is 5.77. The average Bonchev–Trinajstić information content (AvgIpc) is 3.31. The number of amides is 1. The zero-order chi connectivity index (χ0) is 19.0. The van der Waals surface area contributed by atoms with E-state index in [1.165, 1.54) is 16.7 Å². The average molecular weight is 382 g/mol. The van der Waals surface area contributed by atoms with Crippen LogP contribution in [0.5, 0.6) is 0 Å². The lowest BCUT2D eigenvalue weighted by atomic mass is 9.77. The number of carbonyl (C=O) groups excluding carboxylic acids is 1. The van der Waals surface area contributed by atoms with Crippen molar-refractivity contribution in [1.29, 1.82) is 0 Å². The van der Waals surface area contributed by atoms with Gasteiger partial charge in [-0.15, -0.1) is 17.9 Å². The van der Waals surface area contributed by atoms with E-state index in [4.69, 9.17) is 0 Å². The molecule has 2 saturated heterocycles. The van der Waals surface area contributed by atoms with Crippen LogP contribution in [-0.2, 0) is 11.3 Å². The Bertz CT molecular complexity index is 827. The Morgan fingerprint density at radius 3 is 2.78 bits per heavy atom. The van der Waals surface area contributed by atoms with Crippen LogP contribution < -0.4 is 0 Å². The van der Waals surface area contributed by atoms with E-state index < -0.39 is 0 Å². The highest BCUT2D eigenvalue weighted by Gasteiger charge is 2.57. The monoisotopic (exact) mass is 381 g/mol. The van der Waals surface area contributed by atoms with Crippen molar-refractivity contribution in [1.82, 2.24) is 14.8 Å². The number of hydrogen-bond acceptors (Lipinski definition) is 4. The summed E-state index contributed by atoms with van der Waals surface area (Å²) in [6.45, 7) is 12.2. The largest absolute Gasteiger partial charge is 0.338 e. The first-order valence-electron chi connectivity index (χ1n) is 9.61. The van der Waals surface area contributed by atoms with Crippen molar-refractivity contribution in [3.63, 3.8) is 0 Å². The van der Waals surface area contributed by atoms with Gasteiger partial charge < -0.3 is 4.90 Å². The molecule has 1 amide bonds. The van der Waals surface area contributed by atoms with Gasteiger partial charge in [-0.2, -0.15) is 0 Å². The Hall–Kier alpha value is -1.98. The van der Waals surface area contributed by atoms with Gasteiger partial charge in [-0.25, -0.2) is 4.98 Å². The van der Waals surface area contributed by atoms with Crippen molar-refractivity contribution in [3.8, 4) is 0 Å². The molecule has 0 radical (unpaired) electrons. The first kappa shape index (κ1) is 18.4. The van der Waals surface area contributed by atoms with E-state index in [1.54, 1.807) is 11.3 Å². The Morgan fingerprint density at radius 1 is 1.33 bits per heavy atom. The minimum Gasteiger partial charge on any atom is -0.338 e. The summed E-state index contributed by atoms with van der Waals surface area (Å²) in [5.74, 6) is 0.469. The van der Waals surface area contributed by atoms with Crippen molar-refractivity contribution in [2.75, 3.05) is 26.2 Å². The molecule has 142 valence electrons. The Morgan fingerprint density at radius 2 is 2.11 bits per heavy atom. The second-order valence-corrected chi connectivity index (χ2v) is 8.96. The van der Waals surface area contributed by atoms with Crippen molar-refractivity contribution < 1.29 is 4.79 Å². The predicted octanol–water partition coefficient (Wildman–Crippen LogP) is 3.76. The summed E-state index contributed by atoms with van der Waals surface area (Å²) >= 11 is 1.68. The second-order valence-electron chi connectivity index (χ2n) is 8.03. The minimum absolute atomic E-state index is 0.186. The lowest BCUT2D eigenvalue weighted by molar-refractivity contribution is -0.135. The molecule has 27 heavy (non-hydrogen) atoms. The summed E-state index contributed by atoms with van der Waals surface area (Å²) in [5.41, 5.74) is 3.59. The Kier molecular flexibility index (Phi) is 4.91. The number of hydrogen-bond donors (Lipinski definition) is 0. The highest BCUT2D eigenvalue weighted by atomic mass is 32.1. The van der Waals surface area contributed by atoms with Crippen LogP contribution in [0.1, 0.15) is 34.0 Å². The standard InChI is InChI=1S/C22H27N3OS/c1-4-7-25-8-5-22(21(25)26)15-24(14-19(22)20-23-6-9-27-20)13-18-11-16(2)10-17(3)12-18/h4,6,9-12,19H,1,5,7-8,13-15H2,2-3H3/t19-,22-/m0/s1. The molecule has 3 heterocycles. The summed E-state index contributed by atoms with van der Waals surface area (Å²) in [6, 6.07) is 6.73. The quantitative estimate of drug-likeness (QED) is 0.740. The number of carbonyl (C=O) groups is 1. The van der Waals surface area contributed by atoms with Crippen LogP contribution in [0.4, 0.5) is 0 Å². The number of likely N-dealkylation sites (tertiary alicyclic amines) is 2. The van der Waals surface area contributed by atoms with Crippen LogP contribution in [0.3, 0.4) is 0 Å². The molecule has 0 bridgehead atoms. The molecule has 0 aliphatic carbocycles. The van der Waals surface area contributed by atoms with Gasteiger partial charge in [0.05, 0.1) is 10.4 Å². The topological polar surface area (TPSA) is 36.4 Å². The summed E-state index contributed by atoms with van der Waals surface area (Å²) in [6.07, 6.45) is 4.60. The fraction of sp³-hybridized carbons (Fsp3) is 0.455. The SMILES string of the molecule is C=CCN1CC[C@@]2(CN(Cc3cc(C)cc(C)c3)C[C@H]2c2nccs2)C1=O. The predicted molar refractivity (Wildman–Crippen MR) is 110 cm³/mol. The molecule has 1 spiro atoms. The molecule has 1 aromatic heterocycles. The van der Waals surface area contributed by atoms with E-state index in [9.17, 15) is 4.79 Å². The maximum Gasteiger partial charge on any atom is 0.231 e. The van der Waals surface area contributed by atoms with Gasteiger partial charge >= 0.3 is 0 Å². The number of thiazole rings is 1. The van der Waals surface area contributed by atoms with Crippen LogP contribution in [0.2, 0.25) is 0 Å². The highest BCUT2D eigenvalue weighted by Crippen LogP contribution is 2.50. The van der Waals surface area contributed by atoms with Crippen molar-refractivity contribution in [3.05, 3.63) is 64.1 Å². The summed E-state index contributed by atoms with van der Waals surface area (Å²) in [4.78, 5) is 22.4. The van der Waals surface area contributed by atoms with E-state index in [1.807, 2.05) is 22.6 Å². The number of benzene rings is 1. The van der Waals surface area contributed by atoms with E-state index in [0.29, 0.717) is 6.54 Å². The lowest BCUT2D eigenvalue weighted by Gasteiger charge is -2.27. The number of nitrogens with zero attached hydrogens (tertiary/aromatic N) is 3. The maximum absolute atomic E-state index is 13.4. The van der Waals surface area contributed by atoms with Gasteiger partial charge in [0.1, 0.15) is 0 Å². The van der Waals surface area contributed by atoms with E-state index in [-0.39, 0.29) is 17.2 Å². The summed E-state index contributed by atoms with van der Waals surface area (Å²) in [7, 11) is 0. The maximum atomic E-state index is 13.4. The molecule has 4 rings (SSSR count). The van der Waals surface area contributed by atoms with Gasteiger partial charge in [-0.3, -0.25) is 9.69 Å². The fourth-order valence-electron chi connectivity index (χ4n) is 4.92. The van der Waals surface area contributed by atoms with Crippen LogP contribution in [0.15, 0.2) is 42.4 Å². The highest BCUT2D eigenvalue weighted by molar-refractivity contribution is 7.09. The van der Waals surface area contributed by atoms with Crippen molar-refractivity contribution >= 4 is 17.2 Å². The van der Waals surface area contributed by atoms with Crippen LogP contribution in [0, 0.1) is 19.3 Å². The number of rotatable bonds is 5. The molecule has 0 unspecified atom stereocenters. The Balaban J connectivity index is 1.62. The molecule has 2 atom stereocenters. The zero-order valence-corrected chi connectivity index (χ0v) is 17.0. The molecule has 0 N–H and O–H groups in total. The van der Waals surface area contributed by atoms with Gasteiger partial charge in [-0.05, 0) is 25.8 Å². The van der Waals surface area contributed by atoms with Gasteiger partial charge in [0.25, 0.3) is 0 Å². The normalized spacial score (nSPS) is 25.6. The van der Waals surface area contributed by atoms with Gasteiger partial charge in [-0.1, -0.05) is 35.4 Å². The molecule has 2 aromatic rings. The molecular formula is C22H27N3OS. The first-order valence-corrected chi connectivity index (χ1v) is 10.5. The van der Waals surface area contributed by atoms with Gasteiger partial charge in [0, 0.05) is 50.2 Å². The number of aryl methyl sites for hydroxylation is 2. The van der Waals surface area contributed by atoms with E-state index in [0.717, 1.165) is 37.6 Å². The molecule has 5 heteroatoms. The van der Waals surface area contributed by atoms with Crippen LogP contribution in [0.25, 0.3) is 0 Å². The van der Waals surface area contributed by atoms with Gasteiger partial charge in [0.2, 0.25) is 5.91 Å². The molecule has 0 saturated carbocycles. The van der Waals surface area contributed by atoms with Gasteiger partial charge in [0.15, 0.2) is 0 Å². The lowest BCUT2D eigenvalue weighted by Crippen LogP contribution is -2.39. The third-order valence-electron chi connectivity index (χ3n) is 5.94. The van der Waals surface area contributed by atoms with Crippen LogP contribution in [-0.4, -0.2) is 46.9 Å². The summed E-state index contributed by atoms with van der Waals surface area (Å²) in [5, 5.41) is 3.13. The smallest absolute Gasteiger partial charge is 0.231 e. The number of aromatic nitrogens is 1. The molecule has 1 aromatic carbocycles. The molecule has 2 fully saturated rings. The van der Waals surface area contributed by atoms with Crippen molar-refractivity contribution in [2.45, 2.75) is 32.7 Å². The van der Waals surface area contributed by atoms with Crippen LogP contribution >= 0.6 is 11.3 Å².